The van der Waals surface area contributed by atoms with E-state index in [1.165, 1.54) is 13.2 Å². The van der Waals surface area contributed by atoms with Gasteiger partial charge in [0.2, 0.25) is 5.78 Å². The monoisotopic (exact) mass is 548 g/mol. The summed E-state index contributed by atoms with van der Waals surface area (Å²) in [6.45, 7) is 0. The maximum atomic E-state index is 13.6. The molecule has 0 unspecified atom stereocenters. The summed E-state index contributed by atoms with van der Waals surface area (Å²) in [4.78, 5) is 26.7. The predicted octanol–water partition coefficient (Wildman–Crippen LogP) is 6.96. The first kappa shape index (κ1) is 25.8. The number of ether oxygens (including phenoxy) is 5. The molecule has 0 N–H and O–H groups in total. The molecular weight excluding hydrogens is 524 g/mol. The largest absolute Gasteiger partial charge is 0.497 e. The van der Waals surface area contributed by atoms with E-state index in [9.17, 15) is 9.59 Å². The molecule has 1 aromatic heterocycles. The number of carbonyl (C=O) groups excluding carboxylic acids is 2. The highest BCUT2D eigenvalue weighted by molar-refractivity contribution is 6.15. The van der Waals surface area contributed by atoms with Crippen molar-refractivity contribution in [1.82, 2.24) is 0 Å². The van der Waals surface area contributed by atoms with Gasteiger partial charge in [0.05, 0.1) is 26.9 Å². The van der Waals surface area contributed by atoms with E-state index in [1.54, 1.807) is 68.8 Å². The molecule has 0 amide bonds. The molecule has 0 fully saturated rings. The highest BCUT2D eigenvalue weighted by Gasteiger charge is 2.30. The van der Waals surface area contributed by atoms with E-state index in [0.29, 0.717) is 45.1 Å². The normalized spacial score (nSPS) is 13.1. The molecule has 6 rings (SSSR count). The summed E-state index contributed by atoms with van der Waals surface area (Å²) < 4.78 is 33.8. The van der Waals surface area contributed by atoms with Crippen molar-refractivity contribution in [2.24, 2.45) is 0 Å². The third-order valence-corrected chi connectivity index (χ3v) is 6.71. The first-order valence-corrected chi connectivity index (χ1v) is 12.7. The molecule has 41 heavy (non-hydrogen) atoms. The van der Waals surface area contributed by atoms with Crippen LogP contribution in [0.25, 0.3) is 28.4 Å². The highest BCUT2D eigenvalue weighted by Crippen LogP contribution is 2.39. The fourth-order valence-corrected chi connectivity index (χ4v) is 4.67. The van der Waals surface area contributed by atoms with Crippen molar-refractivity contribution >= 4 is 28.8 Å². The standard InChI is InChI=1S/C33H24O8/c1-36-21-12-14-26-25(16-21)30(32(41-26)19-7-5-4-6-8-19)33(35)39-23-11-13-24-28(18-23)40-29(31(24)34)15-20-9-10-22(37-2)17-27(20)38-3/h4-18H,1-3H3. The van der Waals surface area contributed by atoms with Crippen LogP contribution in [0.3, 0.4) is 0 Å². The Labute approximate surface area is 235 Å². The number of Topliss-reactive ketones (excluding diaryl/α,β-unsaturated/α-hetero) is 1. The van der Waals surface area contributed by atoms with Crippen molar-refractivity contribution < 1.29 is 37.7 Å². The van der Waals surface area contributed by atoms with E-state index in [1.807, 2.05) is 30.3 Å². The van der Waals surface area contributed by atoms with Gasteiger partial charge in [0.25, 0.3) is 0 Å². The summed E-state index contributed by atoms with van der Waals surface area (Å²) in [6.07, 6.45) is 1.60. The SMILES string of the molecule is COc1ccc(C=C2Oc3cc(OC(=O)c4c(-c5ccccc5)oc5ccc(OC)cc45)ccc3C2=O)c(OC)c1. The summed E-state index contributed by atoms with van der Waals surface area (Å²) in [5.41, 5.74) is 2.50. The van der Waals surface area contributed by atoms with Crippen LogP contribution in [0.4, 0.5) is 0 Å². The molecule has 1 aliphatic heterocycles. The third-order valence-electron chi connectivity index (χ3n) is 6.71. The van der Waals surface area contributed by atoms with Crippen molar-refractivity contribution in [3.05, 3.63) is 107 Å². The fourth-order valence-electron chi connectivity index (χ4n) is 4.67. The number of esters is 1. The van der Waals surface area contributed by atoms with Gasteiger partial charge in [-0.1, -0.05) is 30.3 Å². The predicted molar refractivity (Wildman–Crippen MR) is 152 cm³/mol. The summed E-state index contributed by atoms with van der Waals surface area (Å²) in [5, 5.41) is 0.555. The number of fused-ring (bicyclic) bond motifs is 2. The van der Waals surface area contributed by atoms with Crippen molar-refractivity contribution in [3.63, 3.8) is 0 Å². The van der Waals surface area contributed by atoms with Gasteiger partial charge in [-0.15, -0.1) is 0 Å². The van der Waals surface area contributed by atoms with Crippen LogP contribution in [0.1, 0.15) is 26.3 Å². The first-order chi connectivity index (χ1) is 20.0. The number of allylic oxidation sites excluding steroid dienone is 1. The molecule has 0 saturated carbocycles. The minimum Gasteiger partial charge on any atom is -0.497 e. The lowest BCUT2D eigenvalue weighted by molar-refractivity contribution is 0.0736. The van der Waals surface area contributed by atoms with Crippen molar-refractivity contribution in [2.45, 2.75) is 0 Å². The second-order valence-corrected chi connectivity index (χ2v) is 9.13. The average Bonchev–Trinajstić information content (AvgIpc) is 3.54. The van der Waals surface area contributed by atoms with Crippen LogP contribution in [0.5, 0.6) is 28.7 Å². The van der Waals surface area contributed by atoms with Crippen LogP contribution in [0, 0.1) is 0 Å². The average molecular weight is 549 g/mol. The van der Waals surface area contributed by atoms with Gasteiger partial charge in [-0.2, -0.15) is 0 Å². The van der Waals surface area contributed by atoms with Crippen LogP contribution >= 0.6 is 0 Å². The number of furan rings is 1. The second-order valence-electron chi connectivity index (χ2n) is 9.13. The van der Waals surface area contributed by atoms with Gasteiger partial charge in [-0.25, -0.2) is 4.79 Å². The lowest BCUT2D eigenvalue weighted by atomic mass is 10.1. The van der Waals surface area contributed by atoms with Gasteiger partial charge < -0.3 is 28.1 Å². The van der Waals surface area contributed by atoms with Gasteiger partial charge in [0.1, 0.15) is 45.7 Å². The van der Waals surface area contributed by atoms with E-state index in [-0.39, 0.29) is 28.6 Å². The molecule has 8 heteroatoms. The molecule has 0 spiro atoms. The fraction of sp³-hybridized carbons (Fsp3) is 0.0909. The van der Waals surface area contributed by atoms with E-state index in [0.717, 1.165) is 5.56 Å². The zero-order valence-electron chi connectivity index (χ0n) is 22.4. The number of rotatable bonds is 7. The first-order valence-electron chi connectivity index (χ1n) is 12.7. The number of carbonyl (C=O) groups is 2. The third kappa shape index (κ3) is 4.76. The Kier molecular flexibility index (Phi) is 6.65. The molecule has 204 valence electrons. The molecule has 0 saturated heterocycles. The van der Waals surface area contributed by atoms with Crippen LogP contribution in [0.15, 0.2) is 95.1 Å². The Morgan fingerprint density at radius 3 is 2.27 bits per heavy atom. The number of ketones is 1. The van der Waals surface area contributed by atoms with Gasteiger partial charge in [-0.3, -0.25) is 4.79 Å². The van der Waals surface area contributed by atoms with Crippen LogP contribution < -0.4 is 23.7 Å². The summed E-state index contributed by atoms with van der Waals surface area (Å²) in [6, 6.07) is 24.4. The second kappa shape index (κ2) is 10.6. The van der Waals surface area contributed by atoms with Crippen LogP contribution in [-0.4, -0.2) is 33.1 Å². The molecule has 8 nitrogen and oxygen atoms in total. The van der Waals surface area contributed by atoms with Crippen molar-refractivity contribution in [2.75, 3.05) is 21.3 Å². The topological polar surface area (TPSA) is 93.4 Å². The van der Waals surface area contributed by atoms with Crippen LogP contribution in [-0.2, 0) is 0 Å². The molecule has 1 aliphatic rings. The molecular formula is C33H24O8. The summed E-state index contributed by atoms with van der Waals surface area (Å²) >= 11 is 0. The van der Waals surface area contributed by atoms with Gasteiger partial charge in [0.15, 0.2) is 5.76 Å². The van der Waals surface area contributed by atoms with Gasteiger partial charge in [0, 0.05) is 28.6 Å². The Morgan fingerprint density at radius 2 is 1.51 bits per heavy atom. The maximum Gasteiger partial charge on any atom is 0.348 e. The lowest BCUT2D eigenvalue weighted by Gasteiger charge is -2.08. The van der Waals surface area contributed by atoms with E-state index in [2.05, 4.69) is 0 Å². The van der Waals surface area contributed by atoms with E-state index < -0.39 is 5.97 Å². The zero-order valence-corrected chi connectivity index (χ0v) is 22.4. The molecule has 0 bridgehead atoms. The van der Waals surface area contributed by atoms with Crippen LogP contribution in [0.2, 0.25) is 0 Å². The minimum atomic E-state index is -0.626. The molecule has 0 radical (unpaired) electrons. The summed E-state index contributed by atoms with van der Waals surface area (Å²) in [7, 11) is 4.65. The van der Waals surface area contributed by atoms with Crippen molar-refractivity contribution in [1.29, 1.82) is 0 Å². The highest BCUT2D eigenvalue weighted by atomic mass is 16.5. The number of benzene rings is 4. The minimum absolute atomic E-state index is 0.117. The molecule has 2 heterocycles. The quantitative estimate of drug-likeness (QED) is 0.122. The van der Waals surface area contributed by atoms with E-state index >= 15 is 0 Å². The van der Waals surface area contributed by atoms with Gasteiger partial charge >= 0.3 is 5.97 Å². The zero-order chi connectivity index (χ0) is 28.5. The smallest absolute Gasteiger partial charge is 0.348 e. The summed E-state index contributed by atoms with van der Waals surface area (Å²) in [5.74, 6) is 1.78. The number of methoxy groups -OCH3 is 3. The lowest BCUT2D eigenvalue weighted by Crippen LogP contribution is -2.09. The van der Waals surface area contributed by atoms with Crippen molar-refractivity contribution in [3.8, 4) is 40.1 Å². The number of hydrogen-bond acceptors (Lipinski definition) is 8. The van der Waals surface area contributed by atoms with Gasteiger partial charge in [-0.05, 0) is 48.5 Å². The van der Waals surface area contributed by atoms with E-state index in [4.69, 9.17) is 28.1 Å². The molecule has 0 atom stereocenters. The Balaban J connectivity index is 1.32. The Morgan fingerprint density at radius 1 is 0.780 bits per heavy atom. The Bertz CT molecular complexity index is 1830. The molecule has 5 aromatic rings. The number of hydrogen-bond donors (Lipinski definition) is 0. The Hall–Kier alpha value is -5.50. The molecule has 4 aromatic carbocycles. The maximum absolute atomic E-state index is 13.6. The molecule has 0 aliphatic carbocycles.